The standard InChI is InChI=1S/C40H27N3/c1-4-13-28(14-5-1)37-26-38(42-40(41-37)29-15-6-2-7-16-29)33-20-12-19-32(23-33)36-27-43(34-21-8-3-9-22-34)39-25-31-18-11-10-17-30(31)24-35(36)39/h1-27H. The summed E-state index contributed by atoms with van der Waals surface area (Å²) in [5, 5.41) is 3.68. The lowest BCUT2D eigenvalue weighted by molar-refractivity contribution is 1.13. The molecule has 0 spiro atoms. The van der Waals surface area contributed by atoms with Crippen molar-refractivity contribution in [1.82, 2.24) is 14.5 Å². The highest BCUT2D eigenvalue weighted by Gasteiger charge is 2.15. The van der Waals surface area contributed by atoms with E-state index in [9.17, 15) is 0 Å². The quantitative estimate of drug-likeness (QED) is 0.214. The van der Waals surface area contributed by atoms with E-state index in [-0.39, 0.29) is 0 Å². The molecule has 8 aromatic rings. The SMILES string of the molecule is c1ccc(-c2cc(-c3cccc(-c4cn(-c5ccccc5)c5cc6ccccc6cc45)c3)nc(-c3ccccc3)n2)cc1. The Bertz CT molecular complexity index is 2160. The van der Waals surface area contributed by atoms with Crippen LogP contribution < -0.4 is 0 Å². The molecule has 3 heteroatoms. The molecule has 0 aliphatic rings. The van der Waals surface area contributed by atoms with Crippen LogP contribution in [-0.4, -0.2) is 14.5 Å². The molecule has 3 nitrogen and oxygen atoms in total. The average molecular weight is 550 g/mol. The van der Waals surface area contributed by atoms with E-state index in [1.165, 1.54) is 27.2 Å². The number of fused-ring (bicyclic) bond motifs is 2. The van der Waals surface area contributed by atoms with Crippen molar-refractivity contribution >= 4 is 21.7 Å². The fourth-order valence-electron chi connectivity index (χ4n) is 5.86. The highest BCUT2D eigenvalue weighted by Crippen LogP contribution is 2.37. The van der Waals surface area contributed by atoms with Crippen LogP contribution in [0.4, 0.5) is 0 Å². The second-order valence-corrected chi connectivity index (χ2v) is 10.7. The van der Waals surface area contributed by atoms with Crippen LogP contribution in [0.2, 0.25) is 0 Å². The smallest absolute Gasteiger partial charge is 0.160 e. The number of aromatic nitrogens is 3. The summed E-state index contributed by atoms with van der Waals surface area (Å²) in [6.45, 7) is 0. The van der Waals surface area contributed by atoms with Crippen molar-refractivity contribution in [3.8, 4) is 50.7 Å². The van der Waals surface area contributed by atoms with Gasteiger partial charge in [0.1, 0.15) is 0 Å². The minimum absolute atomic E-state index is 0.717. The molecule has 0 N–H and O–H groups in total. The third-order valence-electron chi connectivity index (χ3n) is 8.00. The lowest BCUT2D eigenvalue weighted by Gasteiger charge is -2.10. The van der Waals surface area contributed by atoms with Gasteiger partial charge in [-0.3, -0.25) is 0 Å². The summed E-state index contributed by atoms with van der Waals surface area (Å²) < 4.78 is 2.30. The molecule has 2 heterocycles. The number of para-hydroxylation sites is 1. The zero-order valence-corrected chi connectivity index (χ0v) is 23.4. The Morgan fingerprint density at radius 1 is 0.419 bits per heavy atom. The highest BCUT2D eigenvalue weighted by atomic mass is 15.0. The molecule has 0 saturated carbocycles. The van der Waals surface area contributed by atoms with Gasteiger partial charge in [0.15, 0.2) is 5.82 Å². The Balaban J connectivity index is 1.32. The molecule has 202 valence electrons. The monoisotopic (exact) mass is 549 g/mol. The lowest BCUT2D eigenvalue weighted by atomic mass is 9.99. The largest absolute Gasteiger partial charge is 0.316 e. The van der Waals surface area contributed by atoms with E-state index in [0.717, 1.165) is 45.2 Å². The first kappa shape index (κ1) is 25.0. The van der Waals surface area contributed by atoms with Crippen LogP contribution in [0.15, 0.2) is 164 Å². The summed E-state index contributed by atoms with van der Waals surface area (Å²) >= 11 is 0. The van der Waals surface area contributed by atoms with Crippen LogP contribution in [0.25, 0.3) is 72.4 Å². The van der Waals surface area contributed by atoms with E-state index < -0.39 is 0 Å². The molecule has 0 unspecified atom stereocenters. The van der Waals surface area contributed by atoms with E-state index in [1.807, 2.05) is 36.4 Å². The molecule has 0 radical (unpaired) electrons. The Hall–Kier alpha value is -5.80. The summed E-state index contributed by atoms with van der Waals surface area (Å²) in [6.07, 6.45) is 2.27. The molecule has 0 fully saturated rings. The topological polar surface area (TPSA) is 30.7 Å². The first-order valence-electron chi connectivity index (χ1n) is 14.5. The fourth-order valence-corrected chi connectivity index (χ4v) is 5.86. The van der Waals surface area contributed by atoms with Gasteiger partial charge in [-0.1, -0.05) is 121 Å². The summed E-state index contributed by atoms with van der Waals surface area (Å²) in [4.78, 5) is 10.0. The van der Waals surface area contributed by atoms with Crippen LogP contribution in [0.5, 0.6) is 0 Å². The third-order valence-corrected chi connectivity index (χ3v) is 8.00. The van der Waals surface area contributed by atoms with Gasteiger partial charge < -0.3 is 4.57 Å². The van der Waals surface area contributed by atoms with Crippen LogP contribution in [0.3, 0.4) is 0 Å². The molecule has 8 rings (SSSR count). The predicted molar refractivity (Wildman–Crippen MR) is 178 cm³/mol. The van der Waals surface area contributed by atoms with Crippen molar-refractivity contribution in [2.24, 2.45) is 0 Å². The Morgan fingerprint density at radius 3 is 1.70 bits per heavy atom. The van der Waals surface area contributed by atoms with Gasteiger partial charge in [-0.2, -0.15) is 0 Å². The summed E-state index contributed by atoms with van der Waals surface area (Å²) in [6, 6.07) is 55.1. The molecule has 0 aliphatic heterocycles. The molecular weight excluding hydrogens is 522 g/mol. The van der Waals surface area contributed by atoms with Crippen molar-refractivity contribution < 1.29 is 0 Å². The maximum Gasteiger partial charge on any atom is 0.160 e. The van der Waals surface area contributed by atoms with E-state index in [0.29, 0.717) is 0 Å². The lowest BCUT2D eigenvalue weighted by Crippen LogP contribution is -1.96. The molecule has 43 heavy (non-hydrogen) atoms. The molecular formula is C40H27N3. The molecule has 0 aliphatic carbocycles. The van der Waals surface area contributed by atoms with Gasteiger partial charge in [0.2, 0.25) is 0 Å². The van der Waals surface area contributed by atoms with Gasteiger partial charge in [-0.15, -0.1) is 0 Å². The van der Waals surface area contributed by atoms with Crippen molar-refractivity contribution in [2.45, 2.75) is 0 Å². The molecule has 2 aromatic heterocycles. The van der Waals surface area contributed by atoms with Crippen LogP contribution in [-0.2, 0) is 0 Å². The summed E-state index contributed by atoms with van der Waals surface area (Å²) in [5.41, 5.74) is 9.57. The second-order valence-electron chi connectivity index (χ2n) is 10.7. The highest BCUT2D eigenvalue weighted by molar-refractivity contribution is 6.05. The molecule has 0 bridgehead atoms. The van der Waals surface area contributed by atoms with Gasteiger partial charge in [-0.05, 0) is 52.7 Å². The fraction of sp³-hybridized carbons (Fsp3) is 0. The zero-order chi connectivity index (χ0) is 28.6. The van der Waals surface area contributed by atoms with Gasteiger partial charge in [0.05, 0.1) is 16.9 Å². The number of nitrogens with zero attached hydrogens (tertiary/aromatic N) is 3. The van der Waals surface area contributed by atoms with Crippen molar-refractivity contribution in [3.05, 3.63) is 164 Å². The minimum Gasteiger partial charge on any atom is -0.316 e. The normalized spacial score (nSPS) is 11.3. The number of rotatable bonds is 5. The zero-order valence-electron chi connectivity index (χ0n) is 23.4. The molecule has 0 amide bonds. The van der Waals surface area contributed by atoms with E-state index >= 15 is 0 Å². The van der Waals surface area contributed by atoms with Crippen molar-refractivity contribution in [1.29, 1.82) is 0 Å². The average Bonchev–Trinajstić information content (AvgIpc) is 3.46. The van der Waals surface area contributed by atoms with Crippen LogP contribution in [0.1, 0.15) is 0 Å². The van der Waals surface area contributed by atoms with Crippen LogP contribution in [0, 0.1) is 0 Å². The first-order valence-corrected chi connectivity index (χ1v) is 14.5. The summed E-state index contributed by atoms with van der Waals surface area (Å²) in [5.74, 6) is 0.717. The third kappa shape index (κ3) is 4.67. The van der Waals surface area contributed by atoms with Gasteiger partial charge in [0, 0.05) is 39.5 Å². The maximum atomic E-state index is 5.07. The molecule has 0 atom stereocenters. The minimum atomic E-state index is 0.717. The molecule has 0 saturated heterocycles. The van der Waals surface area contributed by atoms with Gasteiger partial charge >= 0.3 is 0 Å². The predicted octanol–water partition coefficient (Wildman–Crippen LogP) is 10.2. The van der Waals surface area contributed by atoms with E-state index in [1.54, 1.807) is 0 Å². The van der Waals surface area contributed by atoms with Crippen molar-refractivity contribution in [2.75, 3.05) is 0 Å². The van der Waals surface area contributed by atoms with Gasteiger partial charge in [0.25, 0.3) is 0 Å². The number of hydrogen-bond acceptors (Lipinski definition) is 2. The summed E-state index contributed by atoms with van der Waals surface area (Å²) in [7, 11) is 0. The Labute approximate surface area is 250 Å². The molecule has 6 aromatic carbocycles. The van der Waals surface area contributed by atoms with Gasteiger partial charge in [-0.25, -0.2) is 9.97 Å². The maximum absolute atomic E-state index is 5.07. The Kier molecular flexibility index (Phi) is 6.12. The number of hydrogen-bond donors (Lipinski definition) is 0. The van der Waals surface area contributed by atoms with E-state index in [2.05, 4.69) is 132 Å². The first-order chi connectivity index (χ1) is 21.3. The van der Waals surface area contributed by atoms with Crippen molar-refractivity contribution in [3.63, 3.8) is 0 Å². The van der Waals surface area contributed by atoms with E-state index in [4.69, 9.17) is 9.97 Å². The number of benzene rings is 6. The van der Waals surface area contributed by atoms with Crippen LogP contribution >= 0.6 is 0 Å². The second kappa shape index (κ2) is 10.6. The Morgan fingerprint density at radius 2 is 0.977 bits per heavy atom.